The molecule has 0 radical (unpaired) electrons. The van der Waals surface area contributed by atoms with Crippen LogP contribution in [-0.4, -0.2) is 56.4 Å². The first-order valence-corrected chi connectivity index (χ1v) is 20.6. The van der Waals surface area contributed by atoms with Crippen molar-refractivity contribution in [2.75, 3.05) is 13.2 Å². The molecule has 0 amide bonds. The Morgan fingerprint density at radius 1 is 0.694 bits per heavy atom. The van der Waals surface area contributed by atoms with E-state index in [-0.39, 0.29) is 33.6 Å². The van der Waals surface area contributed by atoms with Crippen molar-refractivity contribution in [1.82, 2.24) is 9.97 Å². The van der Waals surface area contributed by atoms with E-state index in [4.69, 9.17) is 30.6 Å². The topological polar surface area (TPSA) is 234 Å². The minimum Gasteiger partial charge on any atom is -0.478 e. The van der Waals surface area contributed by atoms with Crippen molar-refractivity contribution in [3.63, 3.8) is 0 Å². The van der Waals surface area contributed by atoms with Crippen LogP contribution >= 0.6 is 40.3 Å². The van der Waals surface area contributed by atoms with E-state index in [1.165, 1.54) is 67.8 Å². The first-order chi connectivity index (χ1) is 29.3. The first-order valence-electron chi connectivity index (χ1n) is 18.1. The molecule has 326 valence electrons. The summed E-state index contributed by atoms with van der Waals surface area (Å²) in [7, 11) is 0. The van der Waals surface area contributed by atoms with E-state index in [2.05, 4.69) is 38.5 Å². The molecular weight excluding hydrogens is 918 g/mol. The molecule has 13 nitrogen and oxygen atoms in total. The van der Waals surface area contributed by atoms with E-state index in [0.29, 0.717) is 54.3 Å². The Labute approximate surface area is 371 Å². The van der Waals surface area contributed by atoms with Crippen LogP contribution < -0.4 is 11.1 Å². The highest BCUT2D eigenvalue weighted by atomic mass is 79.9. The summed E-state index contributed by atoms with van der Waals surface area (Å²) in [5.41, 5.74) is 2.92. The lowest BCUT2D eigenvalue weighted by molar-refractivity contribution is 0.0685. The summed E-state index contributed by atoms with van der Waals surface area (Å²) in [6.45, 7) is 7.01. The minimum absolute atomic E-state index is 0.0116. The molecule has 1 aliphatic rings. The minimum atomic E-state index is -1.22. The number of carboxylic acid groups (broad SMARTS) is 3. The zero-order chi connectivity index (χ0) is 46.5. The van der Waals surface area contributed by atoms with Crippen molar-refractivity contribution in [3.8, 4) is 12.1 Å². The third-order valence-electron chi connectivity index (χ3n) is 7.96. The molecule has 1 saturated heterocycles. The third-order valence-corrected chi connectivity index (χ3v) is 10.0. The molecule has 62 heavy (non-hydrogen) atoms. The number of benzene rings is 3. The average molecular weight is 958 g/mol. The summed E-state index contributed by atoms with van der Waals surface area (Å²) >= 11 is 8.20. The van der Waals surface area contributed by atoms with Gasteiger partial charge in [0, 0.05) is 36.4 Å². The van der Waals surface area contributed by atoms with Gasteiger partial charge >= 0.3 is 17.9 Å². The van der Waals surface area contributed by atoms with Gasteiger partial charge in [0.05, 0.1) is 37.9 Å². The molecule has 0 bridgehead atoms. The number of ether oxygens (including phenoxy) is 1. The number of aryl methyl sites for hydroxylation is 3. The lowest BCUT2D eigenvalue weighted by Gasteiger charge is -2.08. The van der Waals surface area contributed by atoms with Crippen LogP contribution in [0.5, 0.6) is 0 Å². The van der Waals surface area contributed by atoms with Crippen molar-refractivity contribution in [2.45, 2.75) is 61.2 Å². The maximum absolute atomic E-state index is 13.4. The van der Waals surface area contributed by atoms with Crippen molar-refractivity contribution < 1.29 is 47.6 Å². The fourth-order valence-electron chi connectivity index (χ4n) is 5.13. The van der Waals surface area contributed by atoms with Gasteiger partial charge < -0.3 is 30.0 Å². The summed E-state index contributed by atoms with van der Waals surface area (Å²) in [5, 5.41) is 44.8. The monoisotopic (exact) mass is 956 g/mol. The van der Waals surface area contributed by atoms with Crippen LogP contribution in [0.1, 0.15) is 89.3 Å². The highest BCUT2D eigenvalue weighted by Crippen LogP contribution is 2.26. The molecule has 6 rings (SSSR count). The molecule has 3 aromatic carbocycles. The molecule has 5 aromatic rings. The number of nitriles is 2. The largest absolute Gasteiger partial charge is 0.478 e. The van der Waals surface area contributed by atoms with E-state index in [9.17, 15) is 37.1 Å². The Morgan fingerprint density at radius 2 is 1.15 bits per heavy atom. The molecule has 0 atom stereocenters. The van der Waals surface area contributed by atoms with Gasteiger partial charge in [0.25, 0.3) is 0 Å². The number of hydrogen-bond acceptors (Lipinski definition) is 10. The van der Waals surface area contributed by atoms with Crippen molar-refractivity contribution in [2.24, 2.45) is 0 Å². The number of thiol groups is 1. The van der Waals surface area contributed by atoms with Crippen LogP contribution in [0.3, 0.4) is 0 Å². The number of rotatable bonds is 7. The van der Waals surface area contributed by atoms with Gasteiger partial charge in [-0.05, 0) is 122 Å². The summed E-state index contributed by atoms with van der Waals surface area (Å²) in [5.74, 6) is -4.89. The second-order valence-electron chi connectivity index (χ2n) is 13.0. The van der Waals surface area contributed by atoms with Crippen molar-refractivity contribution in [3.05, 3.63) is 161 Å². The highest BCUT2D eigenvalue weighted by Gasteiger charge is 2.12. The zero-order valence-corrected chi connectivity index (χ0v) is 36.7. The number of aromatic nitrogens is 2. The number of aromatic carboxylic acids is 3. The van der Waals surface area contributed by atoms with Crippen molar-refractivity contribution in [1.29, 1.82) is 10.5 Å². The lowest BCUT2D eigenvalue weighted by atomic mass is 10.1. The van der Waals surface area contributed by atoms with E-state index >= 15 is 0 Å². The fraction of sp³-hybridized carbons (Fsp3) is 0.233. The second-order valence-corrected chi connectivity index (χ2v) is 15.0. The highest BCUT2D eigenvalue weighted by molar-refractivity contribution is 9.08. The van der Waals surface area contributed by atoms with E-state index in [1.54, 1.807) is 20.8 Å². The zero-order valence-electron chi connectivity index (χ0n) is 33.4. The lowest BCUT2D eigenvalue weighted by Crippen LogP contribution is -2.08. The van der Waals surface area contributed by atoms with Gasteiger partial charge in [-0.3, -0.25) is 9.59 Å². The quantitative estimate of drug-likeness (QED) is 0.0510. The molecule has 5 N–H and O–H groups in total. The van der Waals surface area contributed by atoms with Gasteiger partial charge in [0.15, 0.2) is 0 Å². The fourth-order valence-corrected chi connectivity index (χ4v) is 6.79. The number of pyridine rings is 2. The van der Waals surface area contributed by atoms with Gasteiger partial charge in [-0.1, -0.05) is 15.9 Å². The maximum Gasteiger partial charge on any atom is 0.335 e. The summed E-state index contributed by atoms with van der Waals surface area (Å²) < 4.78 is 43.7. The molecular formula is C43H40BrF3N4O9S2. The number of halogens is 4. The van der Waals surface area contributed by atoms with Crippen LogP contribution in [0, 0.1) is 60.9 Å². The van der Waals surface area contributed by atoms with Crippen LogP contribution in [0.25, 0.3) is 0 Å². The molecule has 0 aliphatic carbocycles. The number of H-pyrrole nitrogens is 2. The number of nitrogens with zero attached hydrogens (tertiary/aromatic N) is 2. The number of aromatic amines is 2. The summed E-state index contributed by atoms with van der Waals surface area (Å²) in [6, 6.07) is 17.6. The van der Waals surface area contributed by atoms with Crippen LogP contribution in [0.2, 0.25) is 0 Å². The van der Waals surface area contributed by atoms with Gasteiger partial charge in [0.2, 0.25) is 11.1 Å². The predicted molar refractivity (Wildman–Crippen MR) is 232 cm³/mol. The molecule has 0 unspecified atom stereocenters. The van der Waals surface area contributed by atoms with E-state index in [0.717, 1.165) is 43.2 Å². The number of nitrogens with one attached hydrogen (secondary N) is 2. The summed E-state index contributed by atoms with van der Waals surface area (Å²) in [4.78, 5) is 58.9. The third kappa shape index (κ3) is 18.2. The molecule has 0 spiro atoms. The Balaban J connectivity index is 0.000000284. The molecule has 19 heteroatoms. The van der Waals surface area contributed by atoms with Crippen LogP contribution in [0.15, 0.2) is 86.4 Å². The second kappa shape index (κ2) is 26.3. The molecule has 0 saturated carbocycles. The first kappa shape index (κ1) is 52.0. The van der Waals surface area contributed by atoms with Crippen LogP contribution in [0.4, 0.5) is 13.2 Å². The van der Waals surface area contributed by atoms with E-state index in [1.807, 2.05) is 12.1 Å². The smallest absolute Gasteiger partial charge is 0.335 e. The molecule has 1 fully saturated rings. The number of thioether (sulfide) groups is 1. The molecule has 1 aliphatic heterocycles. The SMILES string of the molecule is C1CCOCC1.Cc1cc(=O)[nH]c(S)c1C#N.Cc1cc(=O)[nH]c(SCc2cc(F)cc(C(=O)O)c2)c1C#N.Cc1cc(F)cc(C(=O)O)c1.O=C(O)c1cc(F)cc(CBr)c1. The number of alkyl halides is 1. The van der Waals surface area contributed by atoms with Gasteiger partial charge in [-0.25, -0.2) is 27.6 Å². The maximum atomic E-state index is 13.4. The predicted octanol–water partition coefficient (Wildman–Crippen LogP) is 8.97. The van der Waals surface area contributed by atoms with Crippen molar-refractivity contribution >= 4 is 58.2 Å². The normalized spacial score (nSPS) is 11.2. The van der Waals surface area contributed by atoms with Gasteiger partial charge in [-0.2, -0.15) is 10.5 Å². The van der Waals surface area contributed by atoms with E-state index < -0.39 is 35.4 Å². The Hall–Kier alpha value is -6.12. The number of carbonyl (C=O) groups is 3. The Kier molecular flexibility index (Phi) is 22.0. The standard InChI is InChI=1S/C15H11FN2O3S.C8H6BrFO2.C8H7FO2.C7H6N2OS.C5H10O/c1-8-2-13(19)18-14(12(8)6-17)22-7-9-3-10(15(20)21)5-11(16)4-9;9-4-5-1-6(8(11)12)3-7(10)2-5;1-5-2-6(8(10)11)4-7(9)3-5;1-4-2-6(10)9-7(11)5(4)3-8;1-2-4-6-5-3-1/h2-5H,7H2,1H3,(H,18,19)(H,20,21);1-3H,4H2,(H,11,12);2-4H,1H3,(H,10,11);2H,1H3,(H2,9,10,11);1-5H2. The number of hydrogen-bond donors (Lipinski definition) is 6. The number of carboxylic acids is 3. The van der Waals surface area contributed by atoms with Gasteiger partial charge in [-0.15, -0.1) is 24.4 Å². The van der Waals surface area contributed by atoms with Gasteiger partial charge in [0.1, 0.15) is 29.6 Å². The summed E-state index contributed by atoms with van der Waals surface area (Å²) in [6.07, 6.45) is 3.93. The average Bonchev–Trinajstić information content (AvgIpc) is 3.20. The Bertz CT molecular complexity index is 2530. The molecule has 3 heterocycles. The Morgan fingerprint density at radius 3 is 1.56 bits per heavy atom. The molecule has 2 aromatic heterocycles. The van der Waals surface area contributed by atoms with Crippen LogP contribution in [-0.2, 0) is 15.8 Å².